The molecule has 2 aliphatic carbocycles. The predicted molar refractivity (Wildman–Crippen MR) is 96.2 cm³/mol. The molecule has 2 aliphatic rings. The molecule has 3 rings (SSSR count). The first kappa shape index (κ1) is 18.9. The minimum Gasteiger partial charge on any atom is -0.477 e. The lowest BCUT2D eigenvalue weighted by Gasteiger charge is -2.35. The van der Waals surface area contributed by atoms with Crippen molar-refractivity contribution >= 4 is 5.91 Å². The molecule has 7 nitrogen and oxygen atoms in total. The lowest BCUT2D eigenvalue weighted by atomic mass is 9.83. The first-order valence-electron chi connectivity index (χ1n) is 9.47. The Balaban J connectivity index is 1.35. The molecule has 1 heterocycles. The number of nitrogens with zero attached hydrogens (tertiary/aromatic N) is 2. The summed E-state index contributed by atoms with van der Waals surface area (Å²) >= 11 is 0. The lowest BCUT2D eigenvalue weighted by molar-refractivity contribution is -0.120. The standard InChI is InChI=1S/C19H29N3O4/c1-12(22-14(3)23)8-24-17-6-16(7-17)10-26-19-13(2)18(20-11-21-19)25-9-15-4-5-15/h11-12,15-17H,4-10H2,1-3H3,(H,22,23)/t12-,16-,17-/m0/s1. The maximum absolute atomic E-state index is 11.0. The number of carbonyl (C=O) groups excluding carboxylic acids is 1. The van der Waals surface area contributed by atoms with Crippen molar-refractivity contribution in [3.05, 3.63) is 11.9 Å². The van der Waals surface area contributed by atoms with Gasteiger partial charge in [0, 0.05) is 13.0 Å². The lowest BCUT2D eigenvalue weighted by Crippen LogP contribution is -2.40. The highest BCUT2D eigenvalue weighted by atomic mass is 16.5. The highest BCUT2D eigenvalue weighted by Crippen LogP contribution is 2.33. The summed E-state index contributed by atoms with van der Waals surface area (Å²) < 4.78 is 17.5. The van der Waals surface area contributed by atoms with E-state index in [4.69, 9.17) is 14.2 Å². The zero-order chi connectivity index (χ0) is 18.5. The zero-order valence-electron chi connectivity index (χ0n) is 15.9. The van der Waals surface area contributed by atoms with Crippen LogP contribution in [0.5, 0.6) is 11.8 Å². The summed E-state index contributed by atoms with van der Waals surface area (Å²) in [4.78, 5) is 19.4. The zero-order valence-corrected chi connectivity index (χ0v) is 15.9. The van der Waals surface area contributed by atoms with Gasteiger partial charge >= 0.3 is 0 Å². The van der Waals surface area contributed by atoms with Crippen LogP contribution in [0.25, 0.3) is 0 Å². The normalized spacial score (nSPS) is 23.0. The van der Waals surface area contributed by atoms with Crippen molar-refractivity contribution in [2.24, 2.45) is 11.8 Å². The molecule has 0 unspecified atom stereocenters. The molecule has 7 heteroatoms. The van der Waals surface area contributed by atoms with Crippen LogP contribution in [0.15, 0.2) is 6.33 Å². The van der Waals surface area contributed by atoms with Crippen molar-refractivity contribution in [1.29, 1.82) is 0 Å². The van der Waals surface area contributed by atoms with Crippen LogP contribution in [0.4, 0.5) is 0 Å². The second-order valence-corrected chi connectivity index (χ2v) is 7.57. The SMILES string of the molecule is CC(=O)N[C@@H](C)CO[C@H]1C[C@H](COc2ncnc(OCC3CC3)c2C)C1. The Bertz CT molecular complexity index is 615. The Morgan fingerprint density at radius 3 is 2.38 bits per heavy atom. The van der Waals surface area contributed by atoms with Gasteiger partial charge in [-0.1, -0.05) is 0 Å². The topological polar surface area (TPSA) is 82.6 Å². The first-order valence-corrected chi connectivity index (χ1v) is 9.47. The molecule has 2 saturated carbocycles. The molecule has 1 N–H and O–H groups in total. The number of hydrogen-bond donors (Lipinski definition) is 1. The van der Waals surface area contributed by atoms with E-state index in [0.29, 0.717) is 36.8 Å². The van der Waals surface area contributed by atoms with E-state index in [1.54, 1.807) is 0 Å². The average Bonchev–Trinajstić information content (AvgIpc) is 3.36. The van der Waals surface area contributed by atoms with Crippen molar-refractivity contribution in [2.45, 2.75) is 58.6 Å². The molecule has 0 spiro atoms. The van der Waals surface area contributed by atoms with E-state index in [2.05, 4.69) is 15.3 Å². The second kappa shape index (κ2) is 8.66. The van der Waals surface area contributed by atoms with E-state index in [1.807, 2.05) is 13.8 Å². The van der Waals surface area contributed by atoms with Crippen molar-refractivity contribution < 1.29 is 19.0 Å². The van der Waals surface area contributed by atoms with Crippen LogP contribution in [0.2, 0.25) is 0 Å². The molecule has 0 radical (unpaired) electrons. The maximum Gasteiger partial charge on any atom is 0.223 e. The molecule has 1 aromatic rings. The van der Waals surface area contributed by atoms with Crippen molar-refractivity contribution in [3.63, 3.8) is 0 Å². The molecule has 0 saturated heterocycles. The van der Waals surface area contributed by atoms with Crippen LogP contribution in [-0.4, -0.2) is 47.8 Å². The molecular formula is C19H29N3O4. The Morgan fingerprint density at radius 1 is 1.19 bits per heavy atom. The van der Waals surface area contributed by atoms with E-state index in [0.717, 1.165) is 25.0 Å². The quantitative estimate of drug-likeness (QED) is 0.687. The number of carbonyl (C=O) groups is 1. The van der Waals surface area contributed by atoms with E-state index in [9.17, 15) is 4.79 Å². The summed E-state index contributed by atoms with van der Waals surface area (Å²) in [5.41, 5.74) is 0.865. The van der Waals surface area contributed by atoms with Gasteiger partial charge in [-0.3, -0.25) is 4.79 Å². The summed E-state index contributed by atoms with van der Waals surface area (Å²) in [5, 5.41) is 2.82. The first-order chi connectivity index (χ1) is 12.5. The van der Waals surface area contributed by atoms with Crippen molar-refractivity contribution in [3.8, 4) is 11.8 Å². The monoisotopic (exact) mass is 363 g/mol. The summed E-state index contributed by atoms with van der Waals surface area (Å²) in [6, 6.07) is 0.0422. The molecule has 1 aromatic heterocycles. The minimum absolute atomic E-state index is 0.0262. The van der Waals surface area contributed by atoms with Gasteiger partial charge in [0.05, 0.1) is 31.5 Å². The third-order valence-electron chi connectivity index (χ3n) is 4.82. The smallest absolute Gasteiger partial charge is 0.223 e. The summed E-state index contributed by atoms with van der Waals surface area (Å²) in [5.74, 6) is 2.37. The number of rotatable bonds is 10. The van der Waals surface area contributed by atoms with Gasteiger partial charge in [-0.25, -0.2) is 9.97 Å². The number of ether oxygens (including phenoxy) is 3. The van der Waals surface area contributed by atoms with Gasteiger partial charge in [0.25, 0.3) is 0 Å². The maximum atomic E-state index is 11.0. The number of hydrogen-bond acceptors (Lipinski definition) is 6. The fraction of sp³-hybridized carbons (Fsp3) is 0.737. The fourth-order valence-corrected chi connectivity index (χ4v) is 3.00. The third-order valence-corrected chi connectivity index (χ3v) is 4.82. The summed E-state index contributed by atoms with van der Waals surface area (Å²) in [6.45, 7) is 7.31. The van der Waals surface area contributed by atoms with Gasteiger partial charge in [-0.15, -0.1) is 0 Å². The molecule has 0 aliphatic heterocycles. The van der Waals surface area contributed by atoms with Crippen LogP contribution in [0.1, 0.15) is 45.1 Å². The van der Waals surface area contributed by atoms with Gasteiger partial charge in [-0.05, 0) is 51.4 Å². The van der Waals surface area contributed by atoms with Gasteiger partial charge in [0.1, 0.15) is 6.33 Å². The molecule has 1 amide bonds. The highest BCUT2D eigenvalue weighted by Gasteiger charge is 2.31. The Kier molecular flexibility index (Phi) is 6.29. The van der Waals surface area contributed by atoms with Crippen molar-refractivity contribution in [2.75, 3.05) is 19.8 Å². The predicted octanol–water partition coefficient (Wildman–Crippen LogP) is 2.27. The second-order valence-electron chi connectivity index (χ2n) is 7.57. The van der Waals surface area contributed by atoms with E-state index in [1.165, 1.54) is 26.1 Å². The van der Waals surface area contributed by atoms with Gasteiger partial charge in [0.2, 0.25) is 17.7 Å². The molecule has 1 atom stereocenters. The summed E-state index contributed by atoms with van der Waals surface area (Å²) in [7, 11) is 0. The summed E-state index contributed by atoms with van der Waals surface area (Å²) in [6.07, 6.45) is 6.21. The van der Waals surface area contributed by atoms with Crippen molar-refractivity contribution in [1.82, 2.24) is 15.3 Å². The van der Waals surface area contributed by atoms with Crippen LogP contribution < -0.4 is 14.8 Å². The molecule has 144 valence electrons. The van der Waals surface area contributed by atoms with Crippen LogP contribution in [0.3, 0.4) is 0 Å². The van der Waals surface area contributed by atoms with Gasteiger partial charge < -0.3 is 19.5 Å². The Morgan fingerprint density at radius 2 is 1.81 bits per heavy atom. The fourth-order valence-electron chi connectivity index (χ4n) is 3.00. The number of aromatic nitrogens is 2. The largest absolute Gasteiger partial charge is 0.477 e. The van der Waals surface area contributed by atoms with Crippen LogP contribution in [-0.2, 0) is 9.53 Å². The average molecular weight is 363 g/mol. The van der Waals surface area contributed by atoms with E-state index >= 15 is 0 Å². The molecule has 0 bridgehead atoms. The molecular weight excluding hydrogens is 334 g/mol. The Labute approximate surface area is 154 Å². The number of nitrogens with one attached hydrogen (secondary N) is 1. The van der Waals surface area contributed by atoms with E-state index < -0.39 is 0 Å². The van der Waals surface area contributed by atoms with E-state index in [-0.39, 0.29) is 18.1 Å². The highest BCUT2D eigenvalue weighted by molar-refractivity contribution is 5.73. The Hall–Kier alpha value is -1.89. The van der Waals surface area contributed by atoms with Crippen LogP contribution in [0, 0.1) is 18.8 Å². The molecule has 2 fully saturated rings. The molecule has 0 aromatic carbocycles. The minimum atomic E-state index is -0.0262. The van der Waals surface area contributed by atoms with Gasteiger partial charge in [0.15, 0.2) is 0 Å². The van der Waals surface area contributed by atoms with Crippen LogP contribution >= 0.6 is 0 Å². The third kappa shape index (κ3) is 5.56. The van der Waals surface area contributed by atoms with Gasteiger partial charge in [-0.2, -0.15) is 0 Å². The number of amides is 1. The molecule has 26 heavy (non-hydrogen) atoms.